The van der Waals surface area contributed by atoms with E-state index in [1.807, 2.05) is 38.1 Å². The van der Waals surface area contributed by atoms with E-state index < -0.39 is 17.7 Å². The topological polar surface area (TPSA) is 90.3 Å². The van der Waals surface area contributed by atoms with E-state index in [1.165, 1.54) is 17.0 Å². The Hall–Kier alpha value is -4.26. The molecule has 37 heavy (non-hydrogen) atoms. The van der Waals surface area contributed by atoms with Crippen LogP contribution in [-0.4, -0.2) is 41.1 Å². The van der Waals surface area contributed by atoms with Crippen molar-refractivity contribution >= 4 is 28.8 Å². The maximum atomic E-state index is 13.4. The van der Waals surface area contributed by atoms with Gasteiger partial charge in [-0.3, -0.25) is 14.5 Å². The zero-order valence-electron chi connectivity index (χ0n) is 21.5. The number of amides is 1. The maximum absolute atomic E-state index is 13.4. The first-order chi connectivity index (χ1) is 17.7. The summed E-state index contributed by atoms with van der Waals surface area (Å²) < 4.78 is 5.75. The number of anilines is 2. The summed E-state index contributed by atoms with van der Waals surface area (Å²) in [7, 11) is 0. The average molecular weight is 501 g/mol. The van der Waals surface area contributed by atoms with Crippen molar-refractivity contribution < 1.29 is 24.5 Å². The quantitative estimate of drug-likeness (QED) is 0.236. The Morgan fingerprint density at radius 1 is 0.973 bits per heavy atom. The summed E-state index contributed by atoms with van der Waals surface area (Å²) >= 11 is 0. The van der Waals surface area contributed by atoms with Crippen molar-refractivity contribution in [3.05, 3.63) is 89.5 Å². The van der Waals surface area contributed by atoms with Crippen molar-refractivity contribution in [1.82, 2.24) is 0 Å². The molecule has 1 aliphatic heterocycles. The second kappa shape index (κ2) is 10.8. The lowest BCUT2D eigenvalue weighted by molar-refractivity contribution is -0.132. The molecule has 4 rings (SSSR count). The van der Waals surface area contributed by atoms with Crippen LogP contribution in [0.2, 0.25) is 0 Å². The molecule has 1 amide bonds. The normalized spacial score (nSPS) is 16.9. The van der Waals surface area contributed by atoms with Gasteiger partial charge in [-0.15, -0.1) is 0 Å². The minimum absolute atomic E-state index is 0.0230. The number of aliphatic hydroxyl groups is 1. The van der Waals surface area contributed by atoms with Crippen LogP contribution >= 0.6 is 0 Å². The summed E-state index contributed by atoms with van der Waals surface area (Å²) in [4.78, 5) is 30.4. The number of Topliss-reactive ketones (excluding diaryl/α,β-unsaturated/α-hetero) is 1. The maximum Gasteiger partial charge on any atom is 0.300 e. The summed E-state index contributed by atoms with van der Waals surface area (Å²) in [6.45, 7) is 9.62. The third-order valence-electron chi connectivity index (χ3n) is 6.39. The molecule has 2 N–H and O–H groups in total. The van der Waals surface area contributed by atoms with E-state index in [0.29, 0.717) is 22.6 Å². The van der Waals surface area contributed by atoms with Gasteiger partial charge in [0, 0.05) is 30.0 Å². The van der Waals surface area contributed by atoms with Crippen LogP contribution in [0.25, 0.3) is 5.76 Å². The smallest absolute Gasteiger partial charge is 0.300 e. The molecule has 0 bridgehead atoms. The molecule has 7 heteroatoms. The summed E-state index contributed by atoms with van der Waals surface area (Å²) in [5.41, 5.74) is 2.48. The number of rotatable bonds is 8. The standard InChI is InChI=1S/C30H32N2O5/c1-5-31(6-2)22-12-14-23(15-13-22)32-27(20-10-16-24(33)17-11-20)26(29(35)30(32)36)28(34)21-8-7-9-25(18-21)37-19(3)4/h7-19,27,33-34H,5-6H2,1-4H3/b28-26-. The van der Waals surface area contributed by atoms with E-state index in [9.17, 15) is 19.8 Å². The van der Waals surface area contributed by atoms with E-state index in [2.05, 4.69) is 18.7 Å². The Morgan fingerprint density at radius 3 is 2.22 bits per heavy atom. The third-order valence-corrected chi connectivity index (χ3v) is 6.39. The van der Waals surface area contributed by atoms with Crippen molar-refractivity contribution in [3.63, 3.8) is 0 Å². The van der Waals surface area contributed by atoms with Gasteiger partial charge in [-0.25, -0.2) is 0 Å². The van der Waals surface area contributed by atoms with Crippen LogP contribution in [-0.2, 0) is 9.59 Å². The number of carbonyl (C=O) groups is 2. The number of ketones is 1. The minimum Gasteiger partial charge on any atom is -0.508 e. The Bertz CT molecular complexity index is 1310. The first-order valence-electron chi connectivity index (χ1n) is 12.5. The van der Waals surface area contributed by atoms with Crippen LogP contribution in [0.4, 0.5) is 11.4 Å². The highest BCUT2D eigenvalue weighted by Crippen LogP contribution is 2.43. The molecule has 0 radical (unpaired) electrons. The van der Waals surface area contributed by atoms with Gasteiger partial charge in [0.1, 0.15) is 17.3 Å². The zero-order chi connectivity index (χ0) is 26.7. The van der Waals surface area contributed by atoms with Crippen molar-refractivity contribution in [1.29, 1.82) is 0 Å². The number of aromatic hydroxyl groups is 1. The van der Waals surface area contributed by atoms with Crippen molar-refractivity contribution in [2.45, 2.75) is 39.8 Å². The highest BCUT2D eigenvalue weighted by atomic mass is 16.5. The Balaban J connectivity index is 1.85. The molecule has 1 heterocycles. The zero-order valence-corrected chi connectivity index (χ0v) is 21.5. The number of benzene rings is 3. The molecular formula is C30H32N2O5. The van der Waals surface area contributed by atoms with Gasteiger partial charge in [0.2, 0.25) is 0 Å². The number of aliphatic hydroxyl groups excluding tert-OH is 1. The molecule has 3 aromatic rings. The van der Waals surface area contributed by atoms with Crippen molar-refractivity contribution in [3.8, 4) is 11.5 Å². The number of hydrogen-bond acceptors (Lipinski definition) is 6. The van der Waals surface area contributed by atoms with E-state index >= 15 is 0 Å². The van der Waals surface area contributed by atoms with E-state index in [-0.39, 0.29) is 23.2 Å². The Kier molecular flexibility index (Phi) is 7.53. The van der Waals surface area contributed by atoms with Crippen LogP contribution in [0.3, 0.4) is 0 Å². The van der Waals surface area contributed by atoms with Crippen LogP contribution < -0.4 is 14.5 Å². The van der Waals surface area contributed by atoms with Gasteiger partial charge in [-0.1, -0.05) is 24.3 Å². The molecule has 1 fully saturated rings. The molecule has 1 atom stereocenters. The number of carbonyl (C=O) groups excluding carboxylic acids is 2. The molecule has 0 aromatic heterocycles. The monoisotopic (exact) mass is 500 g/mol. The fraction of sp³-hybridized carbons (Fsp3) is 0.267. The fourth-order valence-electron chi connectivity index (χ4n) is 4.63. The number of ether oxygens (including phenoxy) is 1. The lowest BCUT2D eigenvalue weighted by atomic mass is 9.95. The predicted octanol–water partition coefficient (Wildman–Crippen LogP) is 5.65. The highest BCUT2D eigenvalue weighted by molar-refractivity contribution is 6.51. The Morgan fingerprint density at radius 2 is 1.62 bits per heavy atom. The number of hydrogen-bond donors (Lipinski definition) is 2. The van der Waals surface area contributed by atoms with E-state index in [0.717, 1.165) is 18.8 Å². The Labute approximate surface area is 217 Å². The van der Waals surface area contributed by atoms with Crippen molar-refractivity contribution in [2.24, 2.45) is 0 Å². The van der Waals surface area contributed by atoms with Gasteiger partial charge in [0.05, 0.1) is 17.7 Å². The molecule has 1 saturated heterocycles. The molecule has 0 aliphatic carbocycles. The van der Waals surface area contributed by atoms with Crippen LogP contribution in [0.5, 0.6) is 11.5 Å². The van der Waals surface area contributed by atoms with Crippen LogP contribution in [0, 0.1) is 0 Å². The van der Waals surface area contributed by atoms with Crippen LogP contribution in [0.1, 0.15) is 44.9 Å². The van der Waals surface area contributed by atoms with Gasteiger partial charge in [-0.2, -0.15) is 0 Å². The second-order valence-electron chi connectivity index (χ2n) is 9.14. The van der Waals surface area contributed by atoms with Gasteiger partial charge < -0.3 is 19.8 Å². The summed E-state index contributed by atoms with van der Waals surface area (Å²) in [6, 6.07) is 19.7. The first kappa shape index (κ1) is 25.8. The molecular weight excluding hydrogens is 468 g/mol. The number of nitrogens with zero attached hydrogens (tertiary/aromatic N) is 2. The van der Waals surface area contributed by atoms with E-state index in [1.54, 1.807) is 36.4 Å². The number of phenols is 1. The lowest BCUT2D eigenvalue weighted by Gasteiger charge is -2.27. The molecule has 3 aromatic carbocycles. The molecule has 1 aliphatic rings. The molecule has 192 valence electrons. The molecule has 0 saturated carbocycles. The molecule has 1 unspecified atom stereocenters. The van der Waals surface area contributed by atoms with Gasteiger partial charge in [0.15, 0.2) is 0 Å². The third kappa shape index (κ3) is 5.16. The highest BCUT2D eigenvalue weighted by Gasteiger charge is 2.47. The average Bonchev–Trinajstić information content (AvgIpc) is 3.15. The minimum atomic E-state index is -0.880. The van der Waals surface area contributed by atoms with Gasteiger partial charge in [0.25, 0.3) is 11.7 Å². The summed E-state index contributed by atoms with van der Waals surface area (Å²) in [6.07, 6.45) is -0.0701. The van der Waals surface area contributed by atoms with Gasteiger partial charge in [-0.05, 0) is 81.8 Å². The van der Waals surface area contributed by atoms with Gasteiger partial charge >= 0.3 is 0 Å². The number of phenolic OH excluding ortho intramolecular Hbond substituents is 1. The summed E-state index contributed by atoms with van der Waals surface area (Å²) in [5, 5.41) is 21.2. The summed E-state index contributed by atoms with van der Waals surface area (Å²) in [5.74, 6) is -1.19. The molecule has 7 nitrogen and oxygen atoms in total. The van der Waals surface area contributed by atoms with Crippen molar-refractivity contribution in [2.75, 3.05) is 22.9 Å². The molecule has 0 spiro atoms. The van der Waals surface area contributed by atoms with Crippen LogP contribution in [0.15, 0.2) is 78.4 Å². The SMILES string of the molecule is CCN(CC)c1ccc(N2C(=O)C(=O)/C(=C(\O)c3cccc(OC(C)C)c3)C2c2ccc(O)cc2)cc1. The first-order valence-corrected chi connectivity index (χ1v) is 12.5. The largest absolute Gasteiger partial charge is 0.508 e. The lowest BCUT2D eigenvalue weighted by Crippen LogP contribution is -2.29. The predicted molar refractivity (Wildman–Crippen MR) is 145 cm³/mol. The van der Waals surface area contributed by atoms with E-state index in [4.69, 9.17) is 4.74 Å². The fourth-order valence-corrected chi connectivity index (χ4v) is 4.63. The second-order valence-corrected chi connectivity index (χ2v) is 9.14.